The highest BCUT2D eigenvalue weighted by molar-refractivity contribution is 8.04. The molecule has 2 unspecified atom stereocenters. The van der Waals surface area contributed by atoms with E-state index in [0.29, 0.717) is 17.1 Å². The van der Waals surface area contributed by atoms with E-state index in [1.165, 1.54) is 32.1 Å². The second-order valence-electron chi connectivity index (χ2n) is 6.33. The van der Waals surface area contributed by atoms with Crippen LogP contribution in [0, 0.1) is 11.3 Å². The molecule has 0 radical (unpaired) electrons. The van der Waals surface area contributed by atoms with Crippen LogP contribution in [-0.2, 0) is 4.79 Å². The summed E-state index contributed by atoms with van der Waals surface area (Å²) in [5.74, 6) is 0.940. The van der Waals surface area contributed by atoms with Crippen LogP contribution in [-0.4, -0.2) is 11.0 Å². The first-order chi connectivity index (χ1) is 7.94. The molecule has 0 saturated heterocycles. The van der Waals surface area contributed by atoms with Gasteiger partial charge in [0, 0.05) is 5.92 Å². The van der Waals surface area contributed by atoms with E-state index in [1.807, 2.05) is 11.8 Å². The topological polar surface area (TPSA) is 17.1 Å². The SMILES string of the molecule is CCCC1=C2CC(C)(C)CCC2C(C(C)=O)S1. The van der Waals surface area contributed by atoms with Gasteiger partial charge in [-0.1, -0.05) is 32.8 Å². The largest absolute Gasteiger partial charge is 0.299 e. The predicted molar refractivity (Wildman–Crippen MR) is 75.1 cm³/mol. The summed E-state index contributed by atoms with van der Waals surface area (Å²) in [6.07, 6.45) is 6.07. The highest BCUT2D eigenvalue weighted by Crippen LogP contribution is 2.54. The Morgan fingerprint density at radius 1 is 1.47 bits per heavy atom. The molecule has 96 valence electrons. The molecule has 0 spiro atoms. The number of ketones is 1. The first-order valence-electron chi connectivity index (χ1n) is 6.83. The lowest BCUT2D eigenvalue weighted by atomic mass is 9.69. The molecule has 0 aromatic heterocycles. The van der Waals surface area contributed by atoms with E-state index in [2.05, 4.69) is 20.8 Å². The van der Waals surface area contributed by atoms with Crippen molar-refractivity contribution in [2.75, 3.05) is 0 Å². The fourth-order valence-corrected chi connectivity index (χ4v) is 4.85. The second-order valence-corrected chi connectivity index (χ2v) is 7.57. The Labute approximate surface area is 109 Å². The molecule has 0 amide bonds. The van der Waals surface area contributed by atoms with Gasteiger partial charge in [0.15, 0.2) is 0 Å². The molecule has 2 rings (SSSR count). The average Bonchev–Trinajstić information content (AvgIpc) is 2.56. The van der Waals surface area contributed by atoms with Crippen LogP contribution >= 0.6 is 11.8 Å². The molecule has 0 N–H and O–H groups in total. The van der Waals surface area contributed by atoms with Crippen LogP contribution in [0.15, 0.2) is 10.5 Å². The summed E-state index contributed by atoms with van der Waals surface area (Å²) >= 11 is 1.88. The molecular formula is C15H24OS. The average molecular weight is 252 g/mol. The van der Waals surface area contributed by atoms with E-state index >= 15 is 0 Å². The summed E-state index contributed by atoms with van der Waals surface area (Å²) < 4.78 is 0. The van der Waals surface area contributed by atoms with Crippen molar-refractivity contribution in [3.05, 3.63) is 10.5 Å². The highest BCUT2D eigenvalue weighted by atomic mass is 32.2. The van der Waals surface area contributed by atoms with Gasteiger partial charge in [0.05, 0.1) is 5.25 Å². The molecule has 1 saturated carbocycles. The summed E-state index contributed by atoms with van der Waals surface area (Å²) in [6, 6.07) is 0. The van der Waals surface area contributed by atoms with Crippen LogP contribution < -0.4 is 0 Å². The molecule has 1 aliphatic heterocycles. The van der Waals surface area contributed by atoms with Crippen molar-refractivity contribution in [1.82, 2.24) is 0 Å². The summed E-state index contributed by atoms with van der Waals surface area (Å²) in [4.78, 5) is 13.3. The maximum Gasteiger partial charge on any atom is 0.143 e. The number of allylic oxidation sites excluding steroid dienone is 2. The number of fused-ring (bicyclic) bond motifs is 1. The summed E-state index contributed by atoms with van der Waals surface area (Å²) in [5, 5.41) is 0.239. The fourth-order valence-electron chi connectivity index (χ4n) is 3.22. The quantitative estimate of drug-likeness (QED) is 0.732. The zero-order valence-corrected chi connectivity index (χ0v) is 12.3. The van der Waals surface area contributed by atoms with Gasteiger partial charge >= 0.3 is 0 Å². The van der Waals surface area contributed by atoms with Gasteiger partial charge in [-0.05, 0) is 42.9 Å². The molecule has 2 atom stereocenters. The minimum atomic E-state index is 0.239. The minimum absolute atomic E-state index is 0.239. The van der Waals surface area contributed by atoms with Crippen molar-refractivity contribution in [3.63, 3.8) is 0 Å². The highest BCUT2D eigenvalue weighted by Gasteiger charge is 2.42. The Kier molecular flexibility index (Phi) is 3.72. The van der Waals surface area contributed by atoms with E-state index in [-0.39, 0.29) is 5.25 Å². The number of rotatable bonds is 3. The van der Waals surface area contributed by atoms with Gasteiger partial charge < -0.3 is 0 Å². The Bertz CT molecular complexity index is 354. The van der Waals surface area contributed by atoms with Crippen LogP contribution in [0.5, 0.6) is 0 Å². The number of hydrogen-bond donors (Lipinski definition) is 0. The third kappa shape index (κ3) is 2.62. The fraction of sp³-hybridized carbons (Fsp3) is 0.800. The van der Waals surface area contributed by atoms with Crippen molar-refractivity contribution >= 4 is 17.5 Å². The molecule has 1 nitrogen and oxygen atoms in total. The molecule has 1 aliphatic carbocycles. The molecule has 1 heterocycles. The molecule has 2 aliphatic rings. The van der Waals surface area contributed by atoms with Crippen LogP contribution in [0.3, 0.4) is 0 Å². The lowest BCUT2D eigenvalue weighted by molar-refractivity contribution is -0.117. The molecule has 17 heavy (non-hydrogen) atoms. The van der Waals surface area contributed by atoms with Crippen molar-refractivity contribution in [2.45, 2.75) is 65.0 Å². The molecule has 0 aromatic rings. The van der Waals surface area contributed by atoms with Crippen LogP contribution in [0.4, 0.5) is 0 Å². The standard InChI is InChI=1S/C15H24OS/c1-5-6-13-12-9-15(3,4)8-7-11(12)14(17-13)10(2)16/h11,14H,5-9H2,1-4H3. The van der Waals surface area contributed by atoms with Crippen molar-refractivity contribution in [1.29, 1.82) is 0 Å². The summed E-state index contributed by atoms with van der Waals surface area (Å²) in [5.41, 5.74) is 2.07. The zero-order valence-electron chi connectivity index (χ0n) is 11.5. The third-order valence-electron chi connectivity index (χ3n) is 4.12. The van der Waals surface area contributed by atoms with Crippen LogP contribution in [0.2, 0.25) is 0 Å². The monoisotopic (exact) mass is 252 g/mol. The van der Waals surface area contributed by atoms with Crippen LogP contribution in [0.25, 0.3) is 0 Å². The van der Waals surface area contributed by atoms with Gasteiger partial charge in [-0.15, -0.1) is 11.8 Å². The maximum atomic E-state index is 11.8. The number of Topliss-reactive ketones (excluding diaryl/α,β-unsaturated/α-hetero) is 1. The van der Waals surface area contributed by atoms with Gasteiger partial charge in [-0.25, -0.2) is 0 Å². The first-order valence-corrected chi connectivity index (χ1v) is 7.71. The molecule has 1 fully saturated rings. The lowest BCUT2D eigenvalue weighted by Gasteiger charge is -2.36. The van der Waals surface area contributed by atoms with E-state index in [1.54, 1.807) is 17.4 Å². The van der Waals surface area contributed by atoms with Crippen molar-refractivity contribution < 1.29 is 4.79 Å². The Morgan fingerprint density at radius 2 is 2.18 bits per heavy atom. The summed E-state index contributed by atoms with van der Waals surface area (Å²) in [6.45, 7) is 8.74. The summed E-state index contributed by atoms with van der Waals surface area (Å²) in [7, 11) is 0. The van der Waals surface area contributed by atoms with Gasteiger partial charge in [0.2, 0.25) is 0 Å². The smallest absolute Gasteiger partial charge is 0.143 e. The number of hydrogen-bond acceptors (Lipinski definition) is 2. The van der Waals surface area contributed by atoms with Crippen molar-refractivity contribution in [2.24, 2.45) is 11.3 Å². The Hall–Kier alpha value is -0.240. The van der Waals surface area contributed by atoms with Gasteiger partial charge in [0.25, 0.3) is 0 Å². The predicted octanol–water partition coefficient (Wildman–Crippen LogP) is 4.57. The normalized spacial score (nSPS) is 31.5. The van der Waals surface area contributed by atoms with E-state index in [0.717, 1.165) is 0 Å². The van der Waals surface area contributed by atoms with Gasteiger partial charge in [-0.2, -0.15) is 0 Å². The second kappa shape index (κ2) is 4.79. The van der Waals surface area contributed by atoms with Crippen molar-refractivity contribution in [3.8, 4) is 0 Å². The Morgan fingerprint density at radius 3 is 2.76 bits per heavy atom. The van der Waals surface area contributed by atoms with E-state index in [9.17, 15) is 4.79 Å². The Balaban J connectivity index is 2.25. The molecule has 2 heteroatoms. The molecule has 0 bridgehead atoms. The van der Waals surface area contributed by atoms with Gasteiger partial charge in [-0.3, -0.25) is 4.79 Å². The number of thioether (sulfide) groups is 1. The maximum absolute atomic E-state index is 11.8. The molecule has 0 aromatic carbocycles. The van der Waals surface area contributed by atoms with Crippen LogP contribution in [0.1, 0.15) is 59.8 Å². The third-order valence-corrected chi connectivity index (χ3v) is 5.78. The lowest BCUT2D eigenvalue weighted by Crippen LogP contribution is -2.30. The molecular weight excluding hydrogens is 228 g/mol. The number of carbonyl (C=O) groups is 1. The zero-order chi connectivity index (χ0) is 12.6. The number of carbonyl (C=O) groups excluding carboxylic acids is 1. The first kappa shape index (κ1) is 13.2. The van der Waals surface area contributed by atoms with E-state index < -0.39 is 0 Å². The van der Waals surface area contributed by atoms with Gasteiger partial charge in [0.1, 0.15) is 5.78 Å². The van der Waals surface area contributed by atoms with E-state index in [4.69, 9.17) is 0 Å². The minimum Gasteiger partial charge on any atom is -0.299 e.